The number of hydrogen-bond donors (Lipinski definition) is 3. The van der Waals surface area contributed by atoms with Crippen LogP contribution in [0.5, 0.6) is 0 Å². The first-order valence-corrected chi connectivity index (χ1v) is 7.14. The molecule has 0 aliphatic heterocycles. The van der Waals surface area contributed by atoms with Gasteiger partial charge in [0.05, 0.1) is 0 Å². The largest absolute Gasteiger partial charge is 0.374 e. The quantitative estimate of drug-likeness (QED) is 0.623. The Morgan fingerprint density at radius 1 is 0.913 bits per heavy atom. The van der Waals surface area contributed by atoms with Gasteiger partial charge in [-0.2, -0.15) is 15.0 Å². The summed E-state index contributed by atoms with van der Waals surface area (Å²) in [6, 6.07) is 13.2. The molecule has 0 amide bonds. The van der Waals surface area contributed by atoms with Gasteiger partial charge in [-0.05, 0) is 19.1 Å². The molecule has 0 radical (unpaired) electrons. The molecule has 1 aromatic carbocycles. The third kappa shape index (κ3) is 3.98. The van der Waals surface area contributed by atoms with Crippen LogP contribution in [0.4, 0.5) is 17.6 Å². The summed E-state index contributed by atoms with van der Waals surface area (Å²) in [4.78, 5) is 17.0. The maximum absolute atomic E-state index is 9.51. The lowest BCUT2D eigenvalue weighted by Gasteiger charge is -2.11. The van der Waals surface area contributed by atoms with Gasteiger partial charge in [0.2, 0.25) is 11.9 Å². The first kappa shape index (κ1) is 14.9. The van der Waals surface area contributed by atoms with E-state index in [0.717, 1.165) is 11.3 Å². The first-order chi connectivity index (χ1) is 11.2. The molecule has 116 valence electrons. The highest BCUT2D eigenvalue weighted by molar-refractivity contribution is 5.60. The van der Waals surface area contributed by atoms with Gasteiger partial charge in [-0.3, -0.25) is 4.98 Å². The van der Waals surface area contributed by atoms with Crippen molar-refractivity contribution in [2.24, 2.45) is 0 Å². The highest BCUT2D eigenvalue weighted by atomic mass is 16.3. The minimum atomic E-state index is -0.769. The molecule has 7 heteroatoms. The lowest BCUT2D eigenvalue weighted by atomic mass is 10.2. The number of pyridine rings is 1. The fraction of sp³-hybridized carbons (Fsp3) is 0.125. The average molecular weight is 308 g/mol. The molecule has 3 aromatic rings. The number of nitrogens with zero attached hydrogens (tertiary/aromatic N) is 4. The summed E-state index contributed by atoms with van der Waals surface area (Å²) < 4.78 is 0. The lowest BCUT2D eigenvalue weighted by Crippen LogP contribution is -2.17. The zero-order chi connectivity index (χ0) is 16.1. The monoisotopic (exact) mass is 308 g/mol. The van der Waals surface area contributed by atoms with E-state index in [4.69, 9.17) is 0 Å². The van der Waals surface area contributed by atoms with Crippen LogP contribution in [0, 0.1) is 0 Å². The summed E-state index contributed by atoms with van der Waals surface area (Å²) >= 11 is 0. The van der Waals surface area contributed by atoms with Gasteiger partial charge in [-0.15, -0.1) is 0 Å². The van der Waals surface area contributed by atoms with Crippen molar-refractivity contribution in [2.45, 2.75) is 13.2 Å². The smallest absolute Gasteiger partial charge is 0.232 e. The second kappa shape index (κ2) is 6.80. The summed E-state index contributed by atoms with van der Waals surface area (Å²) in [6.07, 6.45) is 2.59. The van der Waals surface area contributed by atoms with E-state index in [1.165, 1.54) is 0 Å². The van der Waals surface area contributed by atoms with Crippen LogP contribution in [0.15, 0.2) is 54.9 Å². The van der Waals surface area contributed by atoms with Gasteiger partial charge in [0.25, 0.3) is 0 Å². The van der Waals surface area contributed by atoms with E-state index in [1.54, 1.807) is 19.3 Å². The Bertz CT molecular complexity index is 764. The maximum Gasteiger partial charge on any atom is 0.232 e. The topological polar surface area (TPSA) is 95.8 Å². The molecule has 1 atom stereocenters. The molecular formula is C16H16N6O. The summed E-state index contributed by atoms with van der Waals surface area (Å²) in [5.41, 5.74) is 1.68. The number of aromatic nitrogens is 4. The third-order valence-corrected chi connectivity index (χ3v) is 2.94. The molecule has 0 saturated carbocycles. The zero-order valence-electron chi connectivity index (χ0n) is 12.5. The van der Waals surface area contributed by atoms with Crippen LogP contribution in [0.3, 0.4) is 0 Å². The van der Waals surface area contributed by atoms with Crippen molar-refractivity contribution in [3.8, 4) is 11.4 Å². The van der Waals surface area contributed by atoms with Crippen LogP contribution < -0.4 is 10.6 Å². The van der Waals surface area contributed by atoms with Crippen molar-refractivity contribution in [1.29, 1.82) is 0 Å². The first-order valence-electron chi connectivity index (χ1n) is 7.14. The second-order valence-electron chi connectivity index (χ2n) is 4.85. The highest BCUT2D eigenvalue weighted by Gasteiger charge is 2.10. The predicted molar refractivity (Wildman–Crippen MR) is 88.1 cm³/mol. The molecule has 2 heterocycles. The van der Waals surface area contributed by atoms with Gasteiger partial charge in [0.1, 0.15) is 6.23 Å². The molecule has 0 bridgehead atoms. The van der Waals surface area contributed by atoms with Gasteiger partial charge < -0.3 is 15.7 Å². The molecule has 3 N–H and O–H groups in total. The number of anilines is 3. The second-order valence-corrected chi connectivity index (χ2v) is 4.85. The van der Waals surface area contributed by atoms with Gasteiger partial charge in [0, 0.05) is 23.6 Å². The highest BCUT2D eigenvalue weighted by Crippen LogP contribution is 2.19. The van der Waals surface area contributed by atoms with Crippen molar-refractivity contribution in [2.75, 3.05) is 10.6 Å². The number of benzene rings is 1. The molecule has 0 saturated heterocycles. The molecule has 1 unspecified atom stereocenters. The maximum atomic E-state index is 9.51. The van der Waals surface area contributed by atoms with Crippen LogP contribution in [0.25, 0.3) is 11.4 Å². The molecule has 3 rings (SSSR count). The zero-order valence-corrected chi connectivity index (χ0v) is 12.5. The molecule has 0 fully saturated rings. The number of hydrogen-bond acceptors (Lipinski definition) is 7. The molecule has 0 aliphatic rings. The van der Waals surface area contributed by atoms with E-state index in [-0.39, 0.29) is 0 Å². The van der Waals surface area contributed by atoms with Crippen molar-refractivity contribution in [1.82, 2.24) is 19.9 Å². The number of aliphatic hydroxyl groups excluding tert-OH is 1. The van der Waals surface area contributed by atoms with Crippen molar-refractivity contribution >= 4 is 17.6 Å². The fourth-order valence-electron chi connectivity index (χ4n) is 1.96. The number of aliphatic hydroxyl groups is 1. The number of nitrogens with one attached hydrogen (secondary N) is 2. The van der Waals surface area contributed by atoms with Gasteiger partial charge in [0.15, 0.2) is 5.82 Å². The minimum Gasteiger partial charge on any atom is -0.374 e. The predicted octanol–water partition coefficient (Wildman–Crippen LogP) is 2.43. The van der Waals surface area contributed by atoms with E-state index in [9.17, 15) is 5.11 Å². The summed E-state index contributed by atoms with van der Waals surface area (Å²) in [5.74, 6) is 1.19. The van der Waals surface area contributed by atoms with Gasteiger partial charge in [-0.25, -0.2) is 0 Å². The Kier molecular flexibility index (Phi) is 4.39. The molecule has 2 aromatic heterocycles. The van der Waals surface area contributed by atoms with Crippen LogP contribution in [0.1, 0.15) is 6.92 Å². The Hall–Kier alpha value is -3.06. The normalized spacial score (nSPS) is 11.7. The Balaban J connectivity index is 1.98. The van der Waals surface area contributed by atoms with Crippen molar-refractivity contribution in [3.63, 3.8) is 0 Å². The third-order valence-electron chi connectivity index (χ3n) is 2.94. The number of rotatable bonds is 5. The van der Waals surface area contributed by atoms with Crippen LogP contribution in [-0.4, -0.2) is 31.3 Å². The summed E-state index contributed by atoms with van der Waals surface area (Å²) in [5, 5.41) is 15.4. The van der Waals surface area contributed by atoms with E-state index in [2.05, 4.69) is 30.6 Å². The average Bonchev–Trinajstić information content (AvgIpc) is 2.56. The molecule has 7 nitrogen and oxygen atoms in total. The van der Waals surface area contributed by atoms with E-state index < -0.39 is 6.23 Å². The van der Waals surface area contributed by atoms with Crippen LogP contribution in [0.2, 0.25) is 0 Å². The molecule has 0 spiro atoms. The molecular weight excluding hydrogens is 292 g/mol. The van der Waals surface area contributed by atoms with Crippen LogP contribution in [-0.2, 0) is 0 Å². The summed E-state index contributed by atoms with van der Waals surface area (Å²) in [6.45, 7) is 1.60. The van der Waals surface area contributed by atoms with E-state index in [0.29, 0.717) is 17.7 Å². The standard InChI is InChI=1S/C16H16N6O/c1-11(23)18-15-20-14(12-5-3-2-4-6-12)21-16(22-15)19-13-7-9-17-10-8-13/h2-11,23H,1H3,(H2,17,18,19,20,21,22). The van der Waals surface area contributed by atoms with Crippen molar-refractivity contribution in [3.05, 3.63) is 54.9 Å². The SMILES string of the molecule is CC(O)Nc1nc(Nc2ccncc2)nc(-c2ccccc2)n1. The Morgan fingerprint density at radius 3 is 2.30 bits per heavy atom. The Labute approximate surface area is 133 Å². The van der Waals surface area contributed by atoms with Crippen molar-refractivity contribution < 1.29 is 5.11 Å². The molecule has 0 aliphatic carbocycles. The van der Waals surface area contributed by atoms with E-state index in [1.807, 2.05) is 42.5 Å². The fourth-order valence-corrected chi connectivity index (χ4v) is 1.96. The van der Waals surface area contributed by atoms with E-state index >= 15 is 0 Å². The molecule has 23 heavy (non-hydrogen) atoms. The van der Waals surface area contributed by atoms with Gasteiger partial charge >= 0.3 is 0 Å². The minimum absolute atomic E-state index is 0.297. The Morgan fingerprint density at radius 2 is 1.61 bits per heavy atom. The summed E-state index contributed by atoms with van der Waals surface area (Å²) in [7, 11) is 0. The van der Waals surface area contributed by atoms with Crippen LogP contribution >= 0.6 is 0 Å². The van der Waals surface area contributed by atoms with Gasteiger partial charge in [-0.1, -0.05) is 30.3 Å². The lowest BCUT2D eigenvalue weighted by molar-refractivity contribution is 0.223.